The summed E-state index contributed by atoms with van der Waals surface area (Å²) in [6.07, 6.45) is -0.509. The van der Waals surface area contributed by atoms with Crippen LogP contribution in [0.15, 0.2) is 11.1 Å². The first kappa shape index (κ1) is 27.7. The maximum atomic E-state index is 12.7. The fourth-order valence-electron chi connectivity index (χ4n) is 3.41. The standard InChI is InChI=1S/C21H37N6O6PSi/c1-11(2)17(28)25-20-24-16-14(18(29)26-20)23-10-27(16)19-15(33-35(7,8)21(3,4)5)13(22)12(32-19)9-31-34(6)30/h10-13,15,19,34H,9,22H2,1-8H3,(H2,24,25,26,28,29)/t12-,13-,15?,19-/m1/s1. The van der Waals surface area contributed by atoms with Gasteiger partial charge in [0.1, 0.15) is 12.2 Å². The molecule has 1 fully saturated rings. The van der Waals surface area contributed by atoms with Crippen molar-refractivity contribution in [3.63, 3.8) is 0 Å². The monoisotopic (exact) mass is 528 g/mol. The first-order valence-corrected chi connectivity index (χ1v) is 16.3. The lowest BCUT2D eigenvalue weighted by Gasteiger charge is -2.40. The van der Waals surface area contributed by atoms with Crippen LogP contribution in [0.2, 0.25) is 18.1 Å². The molecule has 0 aromatic carbocycles. The third-order valence-corrected chi connectivity index (χ3v) is 11.6. The summed E-state index contributed by atoms with van der Waals surface area (Å²) in [5.41, 5.74) is 6.40. The highest BCUT2D eigenvalue weighted by Gasteiger charge is 2.50. The van der Waals surface area contributed by atoms with Gasteiger partial charge in [0.15, 0.2) is 33.7 Å². The lowest BCUT2D eigenvalue weighted by molar-refractivity contribution is -0.118. The fourth-order valence-corrected chi connectivity index (χ4v) is 5.12. The molecule has 0 bridgehead atoms. The first-order chi connectivity index (χ1) is 16.1. The van der Waals surface area contributed by atoms with Crippen molar-refractivity contribution in [2.45, 2.75) is 77.2 Å². The molecule has 0 saturated carbocycles. The van der Waals surface area contributed by atoms with Gasteiger partial charge in [-0.3, -0.25) is 29.0 Å². The van der Waals surface area contributed by atoms with E-state index >= 15 is 0 Å². The van der Waals surface area contributed by atoms with E-state index in [1.54, 1.807) is 18.4 Å². The van der Waals surface area contributed by atoms with Gasteiger partial charge in [-0.25, -0.2) is 4.98 Å². The smallest absolute Gasteiger partial charge is 0.280 e. The Kier molecular flexibility index (Phi) is 8.09. The maximum Gasteiger partial charge on any atom is 0.280 e. The zero-order chi connectivity index (χ0) is 26.3. The number of H-pyrrole nitrogens is 1. The number of ether oxygens (including phenoxy) is 1. The Hall–Kier alpha value is -1.89. The number of hydrogen-bond acceptors (Lipinski definition) is 9. The predicted molar refractivity (Wildman–Crippen MR) is 136 cm³/mol. The number of nitrogens with one attached hydrogen (secondary N) is 2. The Morgan fingerprint density at radius 1 is 1.40 bits per heavy atom. The minimum atomic E-state index is -2.30. The van der Waals surface area contributed by atoms with E-state index in [-0.39, 0.29) is 40.6 Å². The minimum Gasteiger partial charge on any atom is -0.408 e. The molecule has 2 aromatic heterocycles. The Bertz CT molecular complexity index is 1160. The third-order valence-electron chi connectivity index (χ3n) is 6.56. The molecule has 3 rings (SSSR count). The average molecular weight is 529 g/mol. The zero-order valence-electron chi connectivity index (χ0n) is 21.5. The van der Waals surface area contributed by atoms with E-state index in [1.807, 2.05) is 0 Å². The van der Waals surface area contributed by atoms with Crippen LogP contribution in [0.5, 0.6) is 0 Å². The molecule has 3 heterocycles. The van der Waals surface area contributed by atoms with Gasteiger partial charge in [-0.1, -0.05) is 34.6 Å². The highest BCUT2D eigenvalue weighted by atomic mass is 31.1. The van der Waals surface area contributed by atoms with Crippen LogP contribution in [0, 0.1) is 5.92 Å². The second-order valence-corrected chi connectivity index (χ2v) is 16.7. The topological polar surface area (TPSA) is 163 Å². The van der Waals surface area contributed by atoms with E-state index in [9.17, 15) is 14.2 Å². The molecule has 1 aliphatic heterocycles. The van der Waals surface area contributed by atoms with Crippen molar-refractivity contribution < 1.29 is 23.0 Å². The van der Waals surface area contributed by atoms with Gasteiger partial charge >= 0.3 is 0 Å². The molecular weight excluding hydrogens is 491 g/mol. The molecule has 14 heteroatoms. The number of imidazole rings is 1. The predicted octanol–water partition coefficient (Wildman–Crippen LogP) is 2.45. The summed E-state index contributed by atoms with van der Waals surface area (Å²) in [7, 11) is -4.49. The van der Waals surface area contributed by atoms with Crippen molar-refractivity contribution in [3.05, 3.63) is 16.7 Å². The number of nitrogens with zero attached hydrogens (tertiary/aromatic N) is 3. The minimum absolute atomic E-state index is 0.0107. The van der Waals surface area contributed by atoms with E-state index in [2.05, 4.69) is 54.1 Å². The molecular formula is C21H37N6O6PSi. The summed E-state index contributed by atoms with van der Waals surface area (Å²) in [6, 6.07) is -0.588. The number of fused-ring (bicyclic) bond motifs is 1. The summed E-state index contributed by atoms with van der Waals surface area (Å²) in [5.74, 6) is -0.577. The van der Waals surface area contributed by atoms with Crippen molar-refractivity contribution >= 4 is 39.4 Å². The van der Waals surface area contributed by atoms with Crippen LogP contribution in [0.4, 0.5) is 5.95 Å². The van der Waals surface area contributed by atoms with Gasteiger partial charge in [0.25, 0.3) is 5.56 Å². The number of nitrogens with two attached hydrogens (primary N) is 1. The summed E-state index contributed by atoms with van der Waals surface area (Å²) < 4.78 is 31.5. The summed E-state index contributed by atoms with van der Waals surface area (Å²) >= 11 is 0. The molecule has 2 aromatic rings. The zero-order valence-corrected chi connectivity index (χ0v) is 23.5. The normalized spacial score (nSPS) is 24.3. The lowest BCUT2D eigenvalue weighted by atomic mass is 10.1. The number of carbonyl (C=O) groups excluding carboxylic acids is 1. The Morgan fingerprint density at radius 3 is 2.63 bits per heavy atom. The lowest BCUT2D eigenvalue weighted by Crippen LogP contribution is -2.51. The van der Waals surface area contributed by atoms with Gasteiger partial charge in [-0.15, -0.1) is 0 Å². The average Bonchev–Trinajstić information content (AvgIpc) is 3.27. The molecule has 12 nitrogen and oxygen atoms in total. The van der Waals surface area contributed by atoms with E-state index in [0.717, 1.165) is 0 Å². The number of aromatic nitrogens is 4. The number of rotatable bonds is 8. The van der Waals surface area contributed by atoms with Crippen LogP contribution in [0.1, 0.15) is 40.8 Å². The van der Waals surface area contributed by atoms with Gasteiger partial charge in [0, 0.05) is 12.6 Å². The molecule has 0 radical (unpaired) electrons. The van der Waals surface area contributed by atoms with Crippen LogP contribution < -0.4 is 16.6 Å². The molecule has 2 unspecified atom stereocenters. The quantitative estimate of drug-likeness (QED) is 0.345. The Balaban J connectivity index is 2.05. The number of amides is 1. The van der Waals surface area contributed by atoms with Gasteiger partial charge in [-0.2, -0.15) is 4.98 Å². The van der Waals surface area contributed by atoms with Gasteiger partial charge in [-0.05, 0) is 18.1 Å². The van der Waals surface area contributed by atoms with Crippen LogP contribution in [-0.4, -0.2) is 65.3 Å². The first-order valence-electron chi connectivity index (χ1n) is 11.6. The van der Waals surface area contributed by atoms with Crippen LogP contribution in [0.3, 0.4) is 0 Å². The SMILES string of the molecule is CC(C)C(=O)Nc1nc2c(ncn2[C@@H]2O[C@H](CO[PH](C)=O)[C@@H](N)C2O[Si](C)(C)C(C)(C)C)c(=O)[nH]1. The van der Waals surface area contributed by atoms with Crippen molar-refractivity contribution in [1.29, 1.82) is 0 Å². The molecule has 5 atom stereocenters. The van der Waals surface area contributed by atoms with Crippen molar-refractivity contribution in [2.24, 2.45) is 11.7 Å². The molecule has 196 valence electrons. The fraction of sp³-hybridized carbons (Fsp3) is 0.714. The third kappa shape index (κ3) is 5.92. The summed E-state index contributed by atoms with van der Waals surface area (Å²) in [4.78, 5) is 36.0. The highest BCUT2D eigenvalue weighted by molar-refractivity contribution is 7.38. The van der Waals surface area contributed by atoms with E-state index in [1.165, 1.54) is 13.0 Å². The van der Waals surface area contributed by atoms with E-state index in [4.69, 9.17) is 19.4 Å². The van der Waals surface area contributed by atoms with E-state index in [0.29, 0.717) is 0 Å². The van der Waals surface area contributed by atoms with Gasteiger partial charge in [0.05, 0.1) is 19.0 Å². The highest BCUT2D eigenvalue weighted by Crippen LogP contribution is 2.42. The van der Waals surface area contributed by atoms with Crippen LogP contribution in [-0.2, 0) is 23.0 Å². The molecule has 1 amide bonds. The molecule has 35 heavy (non-hydrogen) atoms. The Morgan fingerprint density at radius 2 is 2.06 bits per heavy atom. The van der Waals surface area contributed by atoms with Crippen molar-refractivity contribution in [3.8, 4) is 0 Å². The molecule has 0 spiro atoms. The number of carbonyl (C=O) groups is 1. The second kappa shape index (κ2) is 10.2. The van der Waals surface area contributed by atoms with Crippen LogP contribution in [0.25, 0.3) is 11.2 Å². The maximum absolute atomic E-state index is 12.7. The van der Waals surface area contributed by atoms with Crippen LogP contribution >= 0.6 is 8.03 Å². The summed E-state index contributed by atoms with van der Waals surface area (Å²) in [5, 5.41) is 2.52. The Labute approximate surface area is 206 Å². The van der Waals surface area contributed by atoms with Crippen molar-refractivity contribution in [2.75, 3.05) is 18.6 Å². The molecule has 1 saturated heterocycles. The molecule has 4 N–H and O–H groups in total. The molecule has 1 aliphatic rings. The number of anilines is 1. The second-order valence-electron chi connectivity index (χ2n) is 10.7. The number of hydrogen-bond donors (Lipinski definition) is 3. The number of aromatic amines is 1. The largest absolute Gasteiger partial charge is 0.408 e. The van der Waals surface area contributed by atoms with Crippen molar-refractivity contribution in [1.82, 2.24) is 19.5 Å². The van der Waals surface area contributed by atoms with Gasteiger partial charge in [0.2, 0.25) is 11.9 Å². The summed E-state index contributed by atoms with van der Waals surface area (Å²) in [6.45, 7) is 15.6. The molecule has 0 aliphatic carbocycles. The van der Waals surface area contributed by atoms with E-state index < -0.39 is 46.4 Å². The van der Waals surface area contributed by atoms with Gasteiger partial charge < -0.3 is 19.4 Å².